The van der Waals surface area contributed by atoms with Crippen LogP contribution in [0.25, 0.3) is 0 Å². The van der Waals surface area contributed by atoms with E-state index in [9.17, 15) is 0 Å². The van der Waals surface area contributed by atoms with Crippen molar-refractivity contribution in [1.82, 2.24) is 0 Å². The molecular weight excluding hydrogens is 254 g/mol. The molecule has 0 fully saturated rings. The quantitative estimate of drug-likeness (QED) is 0.891. The van der Waals surface area contributed by atoms with Gasteiger partial charge in [-0.3, -0.25) is 0 Å². The van der Waals surface area contributed by atoms with Crippen molar-refractivity contribution in [2.75, 3.05) is 6.54 Å². The van der Waals surface area contributed by atoms with E-state index < -0.39 is 0 Å². The van der Waals surface area contributed by atoms with Gasteiger partial charge >= 0.3 is 0 Å². The molecular formula is C17H20ClN. The van der Waals surface area contributed by atoms with Gasteiger partial charge in [-0.25, -0.2) is 0 Å². The fourth-order valence-electron chi connectivity index (χ4n) is 2.59. The van der Waals surface area contributed by atoms with Crippen molar-refractivity contribution >= 4 is 11.6 Å². The Hall–Kier alpha value is -1.31. The molecule has 0 bridgehead atoms. The van der Waals surface area contributed by atoms with E-state index >= 15 is 0 Å². The molecule has 2 N–H and O–H groups in total. The maximum atomic E-state index is 6.27. The van der Waals surface area contributed by atoms with E-state index in [1.165, 1.54) is 11.1 Å². The van der Waals surface area contributed by atoms with Crippen LogP contribution in [0.3, 0.4) is 0 Å². The van der Waals surface area contributed by atoms with E-state index in [-0.39, 0.29) is 5.41 Å². The Morgan fingerprint density at radius 2 is 1.68 bits per heavy atom. The number of aryl methyl sites for hydroxylation is 1. The lowest BCUT2D eigenvalue weighted by atomic mass is 9.75. The Labute approximate surface area is 120 Å². The Morgan fingerprint density at radius 3 is 2.32 bits per heavy atom. The summed E-state index contributed by atoms with van der Waals surface area (Å²) in [6.45, 7) is 4.94. The fraction of sp³-hybridized carbons (Fsp3) is 0.294. The van der Waals surface area contributed by atoms with E-state index in [0.717, 1.165) is 17.0 Å². The van der Waals surface area contributed by atoms with Gasteiger partial charge in [0.1, 0.15) is 0 Å². The zero-order chi connectivity index (χ0) is 13.9. The van der Waals surface area contributed by atoms with Crippen LogP contribution >= 0.6 is 11.6 Å². The molecule has 0 radical (unpaired) electrons. The second-order valence-corrected chi connectivity index (χ2v) is 5.76. The van der Waals surface area contributed by atoms with E-state index in [4.69, 9.17) is 17.3 Å². The van der Waals surface area contributed by atoms with Crippen molar-refractivity contribution < 1.29 is 0 Å². The summed E-state index contributed by atoms with van der Waals surface area (Å²) in [6.07, 6.45) is 0.855. The van der Waals surface area contributed by atoms with E-state index in [1.807, 2.05) is 18.2 Å². The molecule has 0 aliphatic rings. The first-order valence-electron chi connectivity index (χ1n) is 6.56. The van der Waals surface area contributed by atoms with Crippen molar-refractivity contribution in [2.24, 2.45) is 5.73 Å². The van der Waals surface area contributed by atoms with Gasteiger partial charge in [-0.2, -0.15) is 0 Å². The summed E-state index contributed by atoms with van der Waals surface area (Å²) in [5, 5.41) is 0.816. The maximum Gasteiger partial charge on any atom is 0.0438 e. The Morgan fingerprint density at radius 1 is 1.05 bits per heavy atom. The molecule has 0 aliphatic heterocycles. The molecule has 0 heterocycles. The normalized spacial score (nSPS) is 14.1. The molecule has 2 aromatic carbocycles. The van der Waals surface area contributed by atoms with Gasteiger partial charge in [-0.15, -0.1) is 0 Å². The highest BCUT2D eigenvalue weighted by molar-refractivity contribution is 6.31. The molecule has 0 saturated carbocycles. The number of nitrogens with two attached hydrogens (primary N) is 1. The summed E-state index contributed by atoms with van der Waals surface area (Å²) in [6, 6.07) is 16.4. The predicted octanol–water partition coefficient (Wildman–Crippen LogP) is 4.11. The Balaban J connectivity index is 2.39. The predicted molar refractivity (Wildman–Crippen MR) is 82.7 cm³/mol. The topological polar surface area (TPSA) is 26.0 Å². The highest BCUT2D eigenvalue weighted by Gasteiger charge is 2.27. The number of hydrogen-bond acceptors (Lipinski definition) is 1. The van der Waals surface area contributed by atoms with Crippen molar-refractivity contribution in [1.29, 1.82) is 0 Å². The largest absolute Gasteiger partial charge is 0.330 e. The van der Waals surface area contributed by atoms with Gasteiger partial charge in [0.05, 0.1) is 0 Å². The molecule has 2 rings (SSSR count). The van der Waals surface area contributed by atoms with Crippen LogP contribution in [0.1, 0.15) is 23.6 Å². The van der Waals surface area contributed by atoms with Crippen LogP contribution in [0, 0.1) is 6.92 Å². The van der Waals surface area contributed by atoms with Crippen LogP contribution in [0.4, 0.5) is 0 Å². The second kappa shape index (κ2) is 5.77. The van der Waals surface area contributed by atoms with Crippen LogP contribution in [-0.4, -0.2) is 6.54 Å². The summed E-state index contributed by atoms with van der Waals surface area (Å²) in [4.78, 5) is 0. The molecule has 0 amide bonds. The van der Waals surface area contributed by atoms with Crippen molar-refractivity contribution in [3.63, 3.8) is 0 Å². The van der Waals surface area contributed by atoms with Crippen LogP contribution in [0.5, 0.6) is 0 Å². The SMILES string of the molecule is Cc1ccccc1C(C)(CN)Cc1ccccc1Cl. The average molecular weight is 274 g/mol. The number of hydrogen-bond donors (Lipinski definition) is 1. The van der Waals surface area contributed by atoms with Gasteiger partial charge in [-0.1, -0.05) is 61.0 Å². The van der Waals surface area contributed by atoms with Crippen molar-refractivity contribution in [2.45, 2.75) is 25.7 Å². The monoisotopic (exact) mass is 273 g/mol. The van der Waals surface area contributed by atoms with E-state index in [1.54, 1.807) is 0 Å². The van der Waals surface area contributed by atoms with E-state index in [0.29, 0.717) is 6.54 Å². The zero-order valence-corrected chi connectivity index (χ0v) is 12.2. The average Bonchev–Trinajstić information content (AvgIpc) is 2.42. The highest BCUT2D eigenvalue weighted by Crippen LogP contribution is 2.31. The summed E-state index contributed by atoms with van der Waals surface area (Å²) in [5.74, 6) is 0. The first-order valence-corrected chi connectivity index (χ1v) is 6.94. The van der Waals surface area contributed by atoms with Crippen molar-refractivity contribution in [3.05, 3.63) is 70.2 Å². The van der Waals surface area contributed by atoms with Gasteiger partial charge in [0, 0.05) is 17.0 Å². The molecule has 100 valence electrons. The van der Waals surface area contributed by atoms with Gasteiger partial charge in [0.2, 0.25) is 0 Å². The van der Waals surface area contributed by atoms with Crippen LogP contribution in [0.2, 0.25) is 5.02 Å². The number of rotatable bonds is 4. The molecule has 2 heteroatoms. The summed E-state index contributed by atoms with van der Waals surface area (Å²) in [5.41, 5.74) is 9.71. The fourth-order valence-corrected chi connectivity index (χ4v) is 2.79. The van der Waals surface area contributed by atoms with Gasteiger partial charge < -0.3 is 5.73 Å². The standard InChI is InChI=1S/C17H20ClN/c1-13-7-3-5-9-15(13)17(2,12-19)11-14-8-4-6-10-16(14)18/h3-10H,11-12,19H2,1-2H3. The summed E-state index contributed by atoms with van der Waals surface area (Å²) in [7, 11) is 0. The molecule has 1 nitrogen and oxygen atoms in total. The molecule has 1 atom stereocenters. The minimum Gasteiger partial charge on any atom is -0.330 e. The van der Waals surface area contributed by atoms with Gasteiger partial charge in [0.25, 0.3) is 0 Å². The molecule has 0 aromatic heterocycles. The third-order valence-electron chi connectivity index (χ3n) is 3.78. The second-order valence-electron chi connectivity index (χ2n) is 5.35. The Bertz CT molecular complexity index is 565. The molecule has 1 unspecified atom stereocenters. The van der Waals surface area contributed by atoms with Gasteiger partial charge in [0.15, 0.2) is 0 Å². The minimum atomic E-state index is -0.0870. The van der Waals surface area contributed by atoms with Crippen molar-refractivity contribution in [3.8, 4) is 0 Å². The number of benzene rings is 2. The van der Waals surface area contributed by atoms with E-state index in [2.05, 4.69) is 44.2 Å². The zero-order valence-electron chi connectivity index (χ0n) is 11.5. The first kappa shape index (κ1) is 14.1. The van der Waals surface area contributed by atoms with Crippen LogP contribution < -0.4 is 5.73 Å². The van der Waals surface area contributed by atoms with Crippen LogP contribution in [0.15, 0.2) is 48.5 Å². The molecule has 0 saturated heterocycles. The number of halogens is 1. The molecule has 19 heavy (non-hydrogen) atoms. The summed E-state index contributed by atoms with van der Waals surface area (Å²) < 4.78 is 0. The highest BCUT2D eigenvalue weighted by atomic mass is 35.5. The smallest absolute Gasteiger partial charge is 0.0438 e. The van der Waals surface area contributed by atoms with Crippen LogP contribution in [-0.2, 0) is 11.8 Å². The lowest BCUT2D eigenvalue weighted by Gasteiger charge is -2.30. The first-order chi connectivity index (χ1) is 9.07. The Kier molecular flexibility index (Phi) is 4.28. The molecule has 0 aliphatic carbocycles. The summed E-state index contributed by atoms with van der Waals surface area (Å²) >= 11 is 6.27. The maximum absolute atomic E-state index is 6.27. The minimum absolute atomic E-state index is 0.0870. The lowest BCUT2D eigenvalue weighted by molar-refractivity contribution is 0.478. The third-order valence-corrected chi connectivity index (χ3v) is 4.15. The van der Waals surface area contributed by atoms with Gasteiger partial charge in [-0.05, 0) is 36.1 Å². The lowest BCUT2D eigenvalue weighted by Crippen LogP contribution is -2.35. The molecule has 0 spiro atoms. The molecule has 2 aromatic rings. The third kappa shape index (κ3) is 2.99.